The van der Waals surface area contributed by atoms with Crippen LogP contribution in [0.15, 0.2) is 42.5 Å². The first-order valence-electron chi connectivity index (χ1n) is 10.7. The molecule has 1 aliphatic rings. The largest absolute Gasteiger partial charge is 0.495 e. The third-order valence-corrected chi connectivity index (χ3v) is 6.45. The normalized spacial score (nSPS) is 17.8. The van der Waals surface area contributed by atoms with Crippen LogP contribution in [-0.2, 0) is 6.54 Å². The van der Waals surface area contributed by atoms with Crippen molar-refractivity contribution in [3.05, 3.63) is 58.6 Å². The molecule has 0 bridgehead atoms. The van der Waals surface area contributed by atoms with Gasteiger partial charge in [-0.05, 0) is 89.0 Å². The Morgan fingerprint density at radius 3 is 2.42 bits per heavy atom. The molecule has 2 aromatic carbocycles. The van der Waals surface area contributed by atoms with Crippen molar-refractivity contribution in [3.63, 3.8) is 0 Å². The first-order chi connectivity index (χ1) is 14.5. The van der Waals surface area contributed by atoms with Crippen LogP contribution in [0.5, 0.6) is 5.75 Å². The van der Waals surface area contributed by atoms with Gasteiger partial charge in [0.15, 0.2) is 5.11 Å². The van der Waals surface area contributed by atoms with E-state index in [2.05, 4.69) is 74.4 Å². The number of methoxy groups -OCH3 is 1. The van der Waals surface area contributed by atoms with E-state index >= 15 is 0 Å². The molecule has 1 saturated heterocycles. The Labute approximate surface area is 197 Å². The lowest BCUT2D eigenvalue weighted by Crippen LogP contribution is -2.63. The number of ether oxygens (including phenoxy) is 1. The number of hydrogen-bond acceptors (Lipinski definition) is 3. The topological polar surface area (TPSA) is 36.5 Å². The van der Waals surface area contributed by atoms with Crippen molar-refractivity contribution < 1.29 is 4.74 Å². The van der Waals surface area contributed by atoms with Crippen molar-refractivity contribution in [3.8, 4) is 5.75 Å². The van der Waals surface area contributed by atoms with Crippen LogP contribution in [0.2, 0.25) is 5.02 Å². The summed E-state index contributed by atoms with van der Waals surface area (Å²) in [6.45, 7) is 12.0. The zero-order valence-corrected chi connectivity index (χ0v) is 21.0. The van der Waals surface area contributed by atoms with Gasteiger partial charge in [-0.25, -0.2) is 0 Å². The number of anilines is 1. The lowest BCUT2D eigenvalue weighted by atomic mass is 9.79. The molecule has 2 aromatic rings. The van der Waals surface area contributed by atoms with E-state index in [1.165, 1.54) is 11.1 Å². The van der Waals surface area contributed by atoms with Gasteiger partial charge in [-0.3, -0.25) is 0 Å². The van der Waals surface area contributed by atoms with Gasteiger partial charge in [0.1, 0.15) is 5.75 Å². The third kappa shape index (κ3) is 6.12. The van der Waals surface area contributed by atoms with Crippen LogP contribution in [0, 0.1) is 6.92 Å². The molecule has 1 heterocycles. The first-order valence-corrected chi connectivity index (χ1v) is 11.5. The average molecular weight is 460 g/mol. The molecule has 0 atom stereocenters. The lowest BCUT2D eigenvalue weighted by Gasteiger charge is -2.50. The summed E-state index contributed by atoms with van der Waals surface area (Å²) in [5.74, 6) is 0.716. The number of aryl methyl sites for hydroxylation is 1. The molecule has 2 N–H and O–H groups in total. The molecule has 0 saturated carbocycles. The lowest BCUT2D eigenvalue weighted by molar-refractivity contribution is 0.101. The van der Waals surface area contributed by atoms with Crippen molar-refractivity contribution in [2.75, 3.05) is 12.4 Å². The minimum Gasteiger partial charge on any atom is -0.495 e. The van der Waals surface area contributed by atoms with Crippen LogP contribution < -0.4 is 15.4 Å². The van der Waals surface area contributed by atoms with Gasteiger partial charge in [0.2, 0.25) is 0 Å². The van der Waals surface area contributed by atoms with Crippen LogP contribution in [0.3, 0.4) is 0 Å². The standard InChI is InChI=1S/C25H34ClN3OS/c1-17-9-7-8-10-18(17)16-29(20-14-24(2,3)28-25(4,5)15-20)23(31)27-21-13-19(26)11-12-22(21)30-6/h7-13,20,28H,14-16H2,1-6H3,(H,27,31). The molecule has 31 heavy (non-hydrogen) atoms. The van der Waals surface area contributed by atoms with Gasteiger partial charge in [0.25, 0.3) is 0 Å². The number of nitrogens with zero attached hydrogens (tertiary/aromatic N) is 1. The number of rotatable bonds is 5. The fraction of sp³-hybridized carbons (Fsp3) is 0.480. The first kappa shape index (κ1) is 23.8. The zero-order valence-electron chi connectivity index (χ0n) is 19.4. The maximum absolute atomic E-state index is 6.25. The van der Waals surface area contributed by atoms with Gasteiger partial charge < -0.3 is 20.3 Å². The zero-order chi connectivity index (χ0) is 22.8. The summed E-state index contributed by atoms with van der Waals surface area (Å²) in [5.41, 5.74) is 3.35. The van der Waals surface area contributed by atoms with E-state index in [0.29, 0.717) is 15.9 Å². The van der Waals surface area contributed by atoms with Crippen molar-refractivity contribution >= 4 is 34.6 Å². The Morgan fingerprint density at radius 2 is 1.81 bits per heavy atom. The fourth-order valence-electron chi connectivity index (χ4n) is 4.79. The molecule has 0 aromatic heterocycles. The molecular formula is C25H34ClN3OS. The van der Waals surface area contributed by atoms with Gasteiger partial charge in [0.05, 0.1) is 12.8 Å². The van der Waals surface area contributed by atoms with Crippen LogP contribution in [0.4, 0.5) is 5.69 Å². The highest BCUT2D eigenvalue weighted by Crippen LogP contribution is 2.34. The van der Waals surface area contributed by atoms with Crippen molar-refractivity contribution in [2.24, 2.45) is 0 Å². The molecule has 0 unspecified atom stereocenters. The molecular weight excluding hydrogens is 426 g/mol. The summed E-state index contributed by atoms with van der Waals surface area (Å²) in [6, 6.07) is 14.3. The van der Waals surface area contributed by atoms with Crippen molar-refractivity contribution in [1.29, 1.82) is 0 Å². The SMILES string of the molecule is COc1ccc(Cl)cc1NC(=S)N(Cc1ccccc1C)C1CC(C)(C)NC(C)(C)C1. The molecule has 6 heteroatoms. The molecule has 0 aliphatic carbocycles. The van der Waals surface area contributed by atoms with Gasteiger partial charge in [0, 0.05) is 28.7 Å². The third-order valence-electron chi connectivity index (χ3n) is 5.88. The second-order valence-corrected chi connectivity index (χ2v) is 10.6. The van der Waals surface area contributed by atoms with Crippen molar-refractivity contribution in [1.82, 2.24) is 10.2 Å². The van der Waals surface area contributed by atoms with Crippen LogP contribution in [0.25, 0.3) is 0 Å². The van der Waals surface area contributed by atoms with Gasteiger partial charge in [-0.1, -0.05) is 35.9 Å². The molecule has 4 nitrogen and oxygen atoms in total. The highest BCUT2D eigenvalue weighted by atomic mass is 35.5. The second-order valence-electron chi connectivity index (χ2n) is 9.78. The summed E-state index contributed by atoms with van der Waals surface area (Å²) in [4.78, 5) is 2.34. The van der Waals surface area contributed by atoms with E-state index in [0.717, 1.165) is 25.1 Å². The van der Waals surface area contributed by atoms with E-state index < -0.39 is 0 Å². The van der Waals surface area contributed by atoms with Crippen LogP contribution in [-0.4, -0.2) is 34.2 Å². The maximum Gasteiger partial charge on any atom is 0.174 e. The summed E-state index contributed by atoms with van der Waals surface area (Å²) >= 11 is 12.2. The number of benzene rings is 2. The highest BCUT2D eigenvalue weighted by Gasteiger charge is 2.40. The molecule has 168 valence electrons. The van der Waals surface area contributed by atoms with E-state index in [4.69, 9.17) is 28.6 Å². The predicted octanol–water partition coefficient (Wildman–Crippen LogP) is 6.17. The van der Waals surface area contributed by atoms with E-state index in [9.17, 15) is 0 Å². The molecule has 0 radical (unpaired) electrons. The Bertz CT molecular complexity index is 928. The quantitative estimate of drug-likeness (QED) is 0.523. The maximum atomic E-state index is 6.25. The van der Waals surface area contributed by atoms with E-state index in [-0.39, 0.29) is 17.1 Å². The Kier molecular flexibility index (Phi) is 7.19. The Hall–Kier alpha value is -1.82. The molecule has 1 fully saturated rings. The monoisotopic (exact) mass is 459 g/mol. The number of halogens is 1. The van der Waals surface area contributed by atoms with Crippen molar-refractivity contribution in [2.45, 2.75) is 71.1 Å². The number of piperidine rings is 1. The number of hydrogen-bond donors (Lipinski definition) is 2. The van der Waals surface area contributed by atoms with Gasteiger partial charge in [-0.15, -0.1) is 0 Å². The molecule has 1 aliphatic heterocycles. The summed E-state index contributed by atoms with van der Waals surface area (Å²) in [6.07, 6.45) is 1.99. The average Bonchev–Trinajstić information content (AvgIpc) is 2.65. The number of nitrogens with one attached hydrogen (secondary N) is 2. The number of thiocarbonyl (C=S) groups is 1. The highest BCUT2D eigenvalue weighted by molar-refractivity contribution is 7.80. The summed E-state index contributed by atoms with van der Waals surface area (Å²) in [7, 11) is 1.65. The summed E-state index contributed by atoms with van der Waals surface area (Å²) in [5, 5.41) is 8.52. The van der Waals surface area contributed by atoms with Gasteiger partial charge >= 0.3 is 0 Å². The molecule has 0 spiro atoms. The Morgan fingerprint density at radius 1 is 1.16 bits per heavy atom. The minimum absolute atomic E-state index is 0.0136. The van der Waals surface area contributed by atoms with Crippen LogP contribution in [0.1, 0.15) is 51.7 Å². The van der Waals surface area contributed by atoms with Gasteiger partial charge in [-0.2, -0.15) is 0 Å². The molecule has 3 rings (SSSR count). The second kappa shape index (κ2) is 9.35. The van der Waals surface area contributed by atoms with E-state index in [1.807, 2.05) is 18.2 Å². The van der Waals surface area contributed by atoms with E-state index in [1.54, 1.807) is 7.11 Å². The smallest absolute Gasteiger partial charge is 0.174 e. The summed E-state index contributed by atoms with van der Waals surface area (Å²) < 4.78 is 5.52. The Balaban J connectivity index is 1.94. The van der Waals surface area contributed by atoms with Crippen LogP contribution >= 0.6 is 23.8 Å². The minimum atomic E-state index is 0.0136. The fourth-order valence-corrected chi connectivity index (χ4v) is 5.29. The predicted molar refractivity (Wildman–Crippen MR) is 135 cm³/mol. The molecule has 0 amide bonds.